The Hall–Kier alpha value is -3.90. The van der Waals surface area contributed by atoms with Crippen LogP contribution >= 0.6 is 0 Å². The minimum Gasteiger partial charge on any atom is -0.0991 e. The number of allylic oxidation sites excluding steroid dienone is 8. The Morgan fingerprint density at radius 3 is 2.28 bits per heavy atom. The summed E-state index contributed by atoms with van der Waals surface area (Å²) in [7, 11) is 0. The van der Waals surface area contributed by atoms with Gasteiger partial charge in [-0.25, -0.2) is 0 Å². The van der Waals surface area contributed by atoms with Crippen LogP contribution in [0.5, 0.6) is 0 Å². The summed E-state index contributed by atoms with van der Waals surface area (Å²) in [5, 5.41) is 2.41. The zero-order valence-corrected chi connectivity index (χ0v) is 18.4. The van der Waals surface area contributed by atoms with Gasteiger partial charge in [-0.05, 0) is 63.1 Å². The van der Waals surface area contributed by atoms with Crippen LogP contribution in [0.1, 0.15) is 24.0 Å². The lowest BCUT2D eigenvalue weighted by Gasteiger charge is -2.14. The van der Waals surface area contributed by atoms with E-state index in [4.69, 9.17) is 0 Å². The lowest BCUT2D eigenvalue weighted by Crippen LogP contribution is -1.91. The maximum Gasteiger partial charge on any atom is -0.00933 e. The molecule has 0 heteroatoms. The number of benzene rings is 2. The van der Waals surface area contributed by atoms with Crippen LogP contribution in [-0.2, 0) is 0 Å². The van der Waals surface area contributed by atoms with E-state index in [2.05, 4.69) is 116 Å². The van der Waals surface area contributed by atoms with Gasteiger partial charge in [0.1, 0.15) is 0 Å². The predicted molar refractivity (Wildman–Crippen MR) is 142 cm³/mol. The molecule has 0 aliphatic heterocycles. The molecular formula is C32H28. The molecule has 0 saturated carbocycles. The van der Waals surface area contributed by atoms with Crippen molar-refractivity contribution in [1.82, 2.24) is 0 Å². The van der Waals surface area contributed by atoms with E-state index in [1.54, 1.807) is 6.08 Å². The van der Waals surface area contributed by atoms with E-state index in [0.717, 1.165) is 24.0 Å². The molecule has 0 atom stereocenters. The monoisotopic (exact) mass is 412 g/mol. The van der Waals surface area contributed by atoms with Gasteiger partial charge in [0.2, 0.25) is 0 Å². The summed E-state index contributed by atoms with van der Waals surface area (Å²) in [6, 6.07) is 30.1. The van der Waals surface area contributed by atoms with Gasteiger partial charge in [-0.2, -0.15) is 0 Å². The second kappa shape index (κ2) is 10.4. The average Bonchev–Trinajstić information content (AvgIpc) is 2.85. The van der Waals surface area contributed by atoms with Crippen LogP contribution in [0, 0.1) is 0 Å². The summed E-state index contributed by atoms with van der Waals surface area (Å²) in [5.41, 5.74) is 7.11. The van der Waals surface area contributed by atoms with Gasteiger partial charge in [0, 0.05) is 0 Å². The van der Waals surface area contributed by atoms with Gasteiger partial charge in [0.05, 0.1) is 0 Å². The van der Waals surface area contributed by atoms with Crippen LogP contribution in [0.15, 0.2) is 135 Å². The van der Waals surface area contributed by atoms with E-state index in [1.165, 1.54) is 33.0 Å². The van der Waals surface area contributed by atoms with Gasteiger partial charge < -0.3 is 0 Å². The summed E-state index contributed by atoms with van der Waals surface area (Å²) in [5.74, 6) is 0. The standard InChI is InChI=1S/C32H28/c1-3-4-15-25(2)29-20-13-5-6-14-21-30(27-18-11-8-12-19-27)31-23-22-28(24-32(29)31)26-16-9-7-10-17-26/h3-11,13-18,20-24H,1-2,12,19H2. The first-order chi connectivity index (χ1) is 15.8. The second-order valence-electron chi connectivity index (χ2n) is 7.84. The highest BCUT2D eigenvalue weighted by atomic mass is 14.1. The van der Waals surface area contributed by atoms with Gasteiger partial charge in [0.15, 0.2) is 0 Å². The maximum atomic E-state index is 4.38. The Morgan fingerprint density at radius 1 is 0.781 bits per heavy atom. The predicted octanol–water partition coefficient (Wildman–Crippen LogP) is 9.12. The van der Waals surface area contributed by atoms with Gasteiger partial charge >= 0.3 is 0 Å². The third kappa shape index (κ3) is 4.87. The molecule has 1 aliphatic carbocycles. The zero-order valence-electron chi connectivity index (χ0n) is 18.4. The molecule has 3 aromatic carbocycles. The van der Waals surface area contributed by atoms with Crippen molar-refractivity contribution in [3.63, 3.8) is 0 Å². The molecule has 4 rings (SSSR count). The Kier molecular flexibility index (Phi) is 6.94. The molecule has 0 spiro atoms. The Bertz CT molecular complexity index is 1280. The van der Waals surface area contributed by atoms with Gasteiger partial charge in [-0.15, -0.1) is 0 Å². The fourth-order valence-electron chi connectivity index (χ4n) is 4.08. The van der Waals surface area contributed by atoms with Crippen LogP contribution in [0.4, 0.5) is 0 Å². The quantitative estimate of drug-likeness (QED) is 0.366. The smallest absolute Gasteiger partial charge is 0.00933 e. The molecule has 156 valence electrons. The van der Waals surface area contributed by atoms with E-state index in [9.17, 15) is 0 Å². The minimum absolute atomic E-state index is 0.961. The normalized spacial score (nSPS) is 12.9. The van der Waals surface area contributed by atoms with Crippen LogP contribution in [0.25, 0.3) is 33.0 Å². The molecule has 0 aromatic heterocycles. The largest absolute Gasteiger partial charge is 0.0991 e. The van der Waals surface area contributed by atoms with E-state index >= 15 is 0 Å². The molecule has 0 bridgehead atoms. The highest BCUT2D eigenvalue weighted by Gasteiger charge is 2.10. The lowest BCUT2D eigenvalue weighted by molar-refractivity contribution is 1.06. The molecule has 0 heterocycles. The highest BCUT2D eigenvalue weighted by Crippen LogP contribution is 2.34. The van der Waals surface area contributed by atoms with Crippen molar-refractivity contribution in [3.05, 3.63) is 146 Å². The minimum atomic E-state index is 0.961. The number of rotatable bonds is 5. The number of hydrogen-bond acceptors (Lipinski definition) is 0. The van der Waals surface area contributed by atoms with Gasteiger partial charge in [-0.3, -0.25) is 0 Å². The van der Waals surface area contributed by atoms with E-state index in [-0.39, 0.29) is 0 Å². The molecular weight excluding hydrogens is 384 g/mol. The third-order valence-corrected chi connectivity index (χ3v) is 5.71. The number of fused-ring (bicyclic) bond motifs is 1. The molecule has 0 fully saturated rings. The van der Waals surface area contributed by atoms with Gasteiger partial charge in [-0.1, -0.05) is 128 Å². The first kappa shape index (κ1) is 21.3. The van der Waals surface area contributed by atoms with Crippen molar-refractivity contribution in [1.29, 1.82) is 0 Å². The fraction of sp³-hybridized carbons (Fsp3) is 0.0625. The Balaban J connectivity index is 2.10. The maximum absolute atomic E-state index is 4.38. The van der Waals surface area contributed by atoms with E-state index < -0.39 is 0 Å². The molecule has 0 amide bonds. The van der Waals surface area contributed by atoms with Crippen molar-refractivity contribution in [2.45, 2.75) is 12.8 Å². The molecule has 0 saturated heterocycles. The fourth-order valence-corrected chi connectivity index (χ4v) is 4.08. The summed E-state index contributed by atoms with van der Waals surface area (Å²) >= 11 is 0. The molecule has 0 nitrogen and oxygen atoms in total. The molecule has 0 radical (unpaired) electrons. The molecule has 0 unspecified atom stereocenters. The van der Waals surface area contributed by atoms with E-state index in [0.29, 0.717) is 0 Å². The van der Waals surface area contributed by atoms with Crippen molar-refractivity contribution < 1.29 is 0 Å². The first-order valence-electron chi connectivity index (χ1n) is 11.1. The van der Waals surface area contributed by atoms with Crippen molar-refractivity contribution in [3.8, 4) is 11.1 Å². The summed E-state index contributed by atoms with van der Waals surface area (Å²) in [6.07, 6.45) is 14.5. The summed E-state index contributed by atoms with van der Waals surface area (Å²) in [6.45, 7) is 8.20. The van der Waals surface area contributed by atoms with Crippen LogP contribution in [0.2, 0.25) is 0 Å². The topological polar surface area (TPSA) is 0 Å². The van der Waals surface area contributed by atoms with Crippen LogP contribution in [0.3, 0.4) is 0 Å². The highest BCUT2D eigenvalue weighted by molar-refractivity contribution is 6.02. The Morgan fingerprint density at radius 2 is 1.53 bits per heavy atom. The molecule has 3 aromatic rings. The van der Waals surface area contributed by atoms with Crippen molar-refractivity contribution in [2.24, 2.45) is 0 Å². The summed E-state index contributed by atoms with van der Waals surface area (Å²) in [4.78, 5) is 0. The molecule has 32 heavy (non-hydrogen) atoms. The van der Waals surface area contributed by atoms with Crippen LogP contribution < -0.4 is 0 Å². The molecule has 1 aliphatic rings. The summed E-state index contributed by atoms with van der Waals surface area (Å²) < 4.78 is 0. The second-order valence-corrected chi connectivity index (χ2v) is 7.84. The Labute approximate surface area is 191 Å². The van der Waals surface area contributed by atoms with Crippen molar-refractivity contribution in [2.75, 3.05) is 0 Å². The van der Waals surface area contributed by atoms with E-state index in [1.807, 2.05) is 12.2 Å². The first-order valence-corrected chi connectivity index (χ1v) is 11.1. The SMILES string of the molecule is C=CC=CC(=C)c1ccccccc(C2=CC=CCC2)c2ccc(-c3ccccc3)cc12. The van der Waals surface area contributed by atoms with Crippen LogP contribution in [-0.4, -0.2) is 0 Å². The lowest BCUT2D eigenvalue weighted by atomic mass is 9.90. The third-order valence-electron chi connectivity index (χ3n) is 5.71. The van der Waals surface area contributed by atoms with Crippen molar-refractivity contribution >= 4 is 21.9 Å². The zero-order chi connectivity index (χ0) is 22.2. The number of hydrogen-bond donors (Lipinski definition) is 0. The average molecular weight is 413 g/mol. The van der Waals surface area contributed by atoms with Gasteiger partial charge in [0.25, 0.3) is 0 Å². The molecule has 0 N–H and O–H groups in total.